The van der Waals surface area contributed by atoms with E-state index in [1.54, 1.807) is 11.9 Å². The van der Waals surface area contributed by atoms with E-state index in [0.29, 0.717) is 18.9 Å². The van der Waals surface area contributed by atoms with Crippen molar-refractivity contribution in [1.29, 1.82) is 5.26 Å². The van der Waals surface area contributed by atoms with Gasteiger partial charge in [-0.2, -0.15) is 5.26 Å². The van der Waals surface area contributed by atoms with Crippen LogP contribution in [-0.4, -0.2) is 23.6 Å². The van der Waals surface area contributed by atoms with Gasteiger partial charge in [-0.25, -0.2) is 14.4 Å². The molecule has 0 aliphatic rings. The van der Waals surface area contributed by atoms with Crippen LogP contribution >= 0.6 is 0 Å². The molecule has 0 amide bonds. The third kappa shape index (κ3) is 2.67. The van der Waals surface area contributed by atoms with E-state index >= 15 is 0 Å². The van der Waals surface area contributed by atoms with Gasteiger partial charge in [0.05, 0.1) is 24.9 Å². The topological polar surface area (TPSA) is 52.8 Å². The van der Waals surface area contributed by atoms with E-state index in [4.69, 9.17) is 5.26 Å². The van der Waals surface area contributed by atoms with Gasteiger partial charge >= 0.3 is 0 Å². The molecular weight excluding hydrogens is 171 g/mol. The molecule has 5 heteroatoms. The first kappa shape index (κ1) is 9.39. The van der Waals surface area contributed by atoms with E-state index in [1.807, 2.05) is 6.07 Å². The molecule has 4 nitrogen and oxygen atoms in total. The first-order valence-electron chi connectivity index (χ1n) is 3.79. The Balaban J connectivity index is 2.62. The van der Waals surface area contributed by atoms with Crippen molar-refractivity contribution in [3.8, 4) is 6.07 Å². The highest BCUT2D eigenvalue weighted by atomic mass is 19.1. The quantitative estimate of drug-likeness (QED) is 0.695. The number of aromatic nitrogens is 2. The number of nitrogens with zero attached hydrogens (tertiary/aromatic N) is 4. The van der Waals surface area contributed by atoms with E-state index in [2.05, 4.69) is 9.97 Å². The molecule has 0 fully saturated rings. The zero-order valence-corrected chi connectivity index (χ0v) is 7.24. The summed E-state index contributed by atoms with van der Waals surface area (Å²) in [7, 11) is 1.75. The minimum Gasteiger partial charge on any atom is -0.343 e. The summed E-state index contributed by atoms with van der Waals surface area (Å²) < 4.78 is 12.4. The fourth-order valence-corrected chi connectivity index (χ4v) is 0.820. The lowest BCUT2D eigenvalue weighted by molar-refractivity contribution is 0.612. The van der Waals surface area contributed by atoms with Gasteiger partial charge in [-0.15, -0.1) is 0 Å². The summed E-state index contributed by atoms with van der Waals surface area (Å²) in [5.74, 6) is -0.0333. The van der Waals surface area contributed by atoms with Gasteiger partial charge in [-0.05, 0) is 0 Å². The lowest BCUT2D eigenvalue weighted by atomic mass is 10.4. The molecule has 0 aromatic carbocycles. The standard InChI is InChI=1S/C8H9FN4/c1-13(4-2-3-10)8-11-5-7(9)6-12-8/h5-6H,2,4H2,1H3. The summed E-state index contributed by atoms with van der Waals surface area (Å²) in [4.78, 5) is 9.22. The SMILES string of the molecule is CN(CCC#N)c1ncc(F)cn1. The largest absolute Gasteiger partial charge is 0.343 e. The van der Waals surface area contributed by atoms with Crippen LogP contribution in [0.3, 0.4) is 0 Å². The van der Waals surface area contributed by atoms with Crippen LogP contribution in [0.2, 0.25) is 0 Å². The number of hydrogen-bond donors (Lipinski definition) is 0. The predicted octanol–water partition coefficient (Wildman–Crippen LogP) is 0.966. The molecule has 0 saturated heterocycles. The molecule has 13 heavy (non-hydrogen) atoms. The van der Waals surface area contributed by atoms with Crippen LogP contribution in [0.4, 0.5) is 10.3 Å². The third-order valence-corrected chi connectivity index (χ3v) is 1.51. The molecule has 1 aromatic heterocycles. The second kappa shape index (κ2) is 4.36. The summed E-state index contributed by atoms with van der Waals surface area (Å²) in [6, 6.07) is 2.01. The summed E-state index contributed by atoms with van der Waals surface area (Å²) in [6.07, 6.45) is 2.60. The lowest BCUT2D eigenvalue weighted by Crippen LogP contribution is -2.20. The number of nitriles is 1. The highest BCUT2D eigenvalue weighted by Crippen LogP contribution is 2.03. The summed E-state index contributed by atoms with van der Waals surface area (Å²) >= 11 is 0. The summed E-state index contributed by atoms with van der Waals surface area (Å²) in [5, 5.41) is 8.33. The first-order chi connectivity index (χ1) is 6.24. The van der Waals surface area contributed by atoms with Crippen molar-refractivity contribution in [2.75, 3.05) is 18.5 Å². The molecule has 0 unspecified atom stereocenters. The molecule has 1 aromatic rings. The molecule has 0 atom stereocenters. The maximum atomic E-state index is 12.4. The maximum Gasteiger partial charge on any atom is 0.225 e. The van der Waals surface area contributed by atoms with Crippen LogP contribution in [0.1, 0.15) is 6.42 Å². The van der Waals surface area contributed by atoms with Gasteiger partial charge in [0.25, 0.3) is 0 Å². The van der Waals surface area contributed by atoms with Gasteiger partial charge < -0.3 is 4.90 Å². The van der Waals surface area contributed by atoms with Crippen LogP contribution in [0.15, 0.2) is 12.4 Å². The monoisotopic (exact) mass is 180 g/mol. The van der Waals surface area contributed by atoms with Gasteiger partial charge in [0, 0.05) is 13.6 Å². The molecule has 0 saturated carbocycles. The van der Waals surface area contributed by atoms with Gasteiger partial charge in [-0.1, -0.05) is 0 Å². The Bertz CT molecular complexity index is 303. The average Bonchev–Trinajstić information content (AvgIpc) is 2.15. The normalized spacial score (nSPS) is 9.31. The Hall–Kier alpha value is -1.70. The highest BCUT2D eigenvalue weighted by Gasteiger charge is 2.02. The predicted molar refractivity (Wildman–Crippen MR) is 45.5 cm³/mol. The molecule has 0 aliphatic carbocycles. The molecule has 0 N–H and O–H groups in total. The summed E-state index contributed by atoms with van der Waals surface area (Å²) in [5.41, 5.74) is 0. The second-order valence-electron chi connectivity index (χ2n) is 2.53. The average molecular weight is 180 g/mol. The third-order valence-electron chi connectivity index (χ3n) is 1.51. The van der Waals surface area contributed by atoms with E-state index in [9.17, 15) is 4.39 Å². The zero-order chi connectivity index (χ0) is 9.68. The molecule has 1 rings (SSSR count). The van der Waals surface area contributed by atoms with Crippen LogP contribution < -0.4 is 4.90 Å². The molecule has 0 radical (unpaired) electrons. The number of anilines is 1. The minimum absolute atomic E-state index is 0.400. The molecule has 0 spiro atoms. The molecule has 0 bridgehead atoms. The molecule has 0 aliphatic heterocycles. The van der Waals surface area contributed by atoms with Crippen LogP contribution in [-0.2, 0) is 0 Å². The van der Waals surface area contributed by atoms with Crippen LogP contribution in [0, 0.1) is 17.1 Å². The van der Waals surface area contributed by atoms with E-state index in [-0.39, 0.29) is 0 Å². The van der Waals surface area contributed by atoms with E-state index in [1.165, 1.54) is 0 Å². The Morgan fingerprint density at radius 3 is 2.69 bits per heavy atom. The van der Waals surface area contributed by atoms with Crippen molar-refractivity contribution >= 4 is 5.95 Å². The van der Waals surface area contributed by atoms with Crippen molar-refractivity contribution in [2.24, 2.45) is 0 Å². The smallest absolute Gasteiger partial charge is 0.225 e. The Labute approximate surface area is 75.6 Å². The minimum atomic E-state index is -0.461. The fraction of sp³-hybridized carbons (Fsp3) is 0.375. The molecule has 68 valence electrons. The Morgan fingerprint density at radius 1 is 1.54 bits per heavy atom. The number of hydrogen-bond acceptors (Lipinski definition) is 4. The lowest BCUT2D eigenvalue weighted by Gasteiger charge is -2.13. The van der Waals surface area contributed by atoms with E-state index < -0.39 is 5.82 Å². The maximum absolute atomic E-state index is 12.4. The van der Waals surface area contributed by atoms with E-state index in [0.717, 1.165) is 12.4 Å². The highest BCUT2D eigenvalue weighted by molar-refractivity contribution is 5.26. The van der Waals surface area contributed by atoms with Crippen LogP contribution in [0.5, 0.6) is 0 Å². The Kier molecular flexibility index (Phi) is 3.15. The molecular formula is C8H9FN4. The van der Waals surface area contributed by atoms with Gasteiger partial charge in [0.2, 0.25) is 5.95 Å². The van der Waals surface area contributed by atoms with Crippen LogP contribution in [0.25, 0.3) is 0 Å². The van der Waals surface area contributed by atoms with Crippen molar-refractivity contribution in [1.82, 2.24) is 9.97 Å². The van der Waals surface area contributed by atoms with Gasteiger partial charge in [-0.3, -0.25) is 0 Å². The van der Waals surface area contributed by atoms with Crippen molar-refractivity contribution < 1.29 is 4.39 Å². The molecule has 1 heterocycles. The van der Waals surface area contributed by atoms with Crippen molar-refractivity contribution in [3.05, 3.63) is 18.2 Å². The zero-order valence-electron chi connectivity index (χ0n) is 7.24. The van der Waals surface area contributed by atoms with Gasteiger partial charge in [0.15, 0.2) is 5.82 Å². The Morgan fingerprint density at radius 2 is 2.15 bits per heavy atom. The van der Waals surface area contributed by atoms with Crippen molar-refractivity contribution in [3.63, 3.8) is 0 Å². The summed E-state index contributed by atoms with van der Waals surface area (Å²) in [6.45, 7) is 0.544. The number of halogens is 1. The van der Waals surface area contributed by atoms with Crippen molar-refractivity contribution in [2.45, 2.75) is 6.42 Å². The first-order valence-corrected chi connectivity index (χ1v) is 3.79. The van der Waals surface area contributed by atoms with Gasteiger partial charge in [0.1, 0.15) is 0 Å². The number of rotatable bonds is 3. The second-order valence-corrected chi connectivity index (χ2v) is 2.53. The fourth-order valence-electron chi connectivity index (χ4n) is 0.820.